The predicted octanol–water partition coefficient (Wildman–Crippen LogP) is 2.15. The number of phosphoric ester groups is 1. The molecule has 0 bridgehead atoms. The van der Waals surface area contributed by atoms with Gasteiger partial charge in [0.1, 0.15) is 0 Å². The average Bonchev–Trinajstić information content (AvgIpc) is 2.19. The van der Waals surface area contributed by atoms with Crippen LogP contribution in [0.15, 0.2) is 0 Å². The molecule has 0 unspecified atom stereocenters. The van der Waals surface area contributed by atoms with Crippen LogP contribution in [0, 0.1) is 0 Å². The van der Waals surface area contributed by atoms with Crippen molar-refractivity contribution in [1.82, 2.24) is 0 Å². The Morgan fingerprint density at radius 1 is 0.875 bits per heavy atom. The zero-order valence-electron chi connectivity index (χ0n) is 8.24. The Morgan fingerprint density at radius 2 is 1.12 bits per heavy atom. The summed E-state index contributed by atoms with van der Waals surface area (Å²) in [7, 11) is 1.17. The second-order valence-electron chi connectivity index (χ2n) is 1.67. The van der Waals surface area contributed by atoms with Crippen LogP contribution in [-0.2, 0) is 34.5 Å². The van der Waals surface area contributed by atoms with Crippen LogP contribution < -0.4 is 0 Å². The molecule has 2 N–H and O–H groups in total. The molecule has 0 aromatic carbocycles. The van der Waals surface area contributed by atoms with E-state index in [0.717, 1.165) is 14.2 Å². The third kappa shape index (κ3) is 17.0. The Bertz CT molecular complexity index is 195. The maximum atomic E-state index is 10.1. The highest BCUT2D eigenvalue weighted by atomic mass is 32.5. The van der Waals surface area contributed by atoms with Gasteiger partial charge in [0.05, 0.1) is 0 Å². The largest absolute Gasteiger partial charge is 0.471 e. The lowest BCUT2D eigenvalue weighted by atomic mass is 11.8. The van der Waals surface area contributed by atoms with E-state index >= 15 is 0 Å². The third-order valence-corrected chi connectivity index (χ3v) is 3.66. The van der Waals surface area contributed by atoms with E-state index in [2.05, 4.69) is 29.9 Å². The van der Waals surface area contributed by atoms with Crippen molar-refractivity contribution in [2.24, 2.45) is 0 Å². The first kappa shape index (κ1) is 25.5. The fraction of sp³-hybridized carbons (Fsp3) is 1.00. The maximum Gasteiger partial charge on any atom is 0.471 e. The van der Waals surface area contributed by atoms with Crippen molar-refractivity contribution in [3.63, 3.8) is 0 Å². The van der Waals surface area contributed by atoms with Crippen molar-refractivity contribution in [1.29, 1.82) is 0 Å². The van der Waals surface area contributed by atoms with Crippen molar-refractivity contribution in [2.75, 3.05) is 28.4 Å². The van der Waals surface area contributed by atoms with Crippen molar-refractivity contribution in [3.05, 3.63) is 0 Å². The Morgan fingerprint density at radius 3 is 1.12 bits per heavy atom. The van der Waals surface area contributed by atoms with Gasteiger partial charge in [-0.25, -0.2) is 4.57 Å². The van der Waals surface area contributed by atoms with Crippen LogP contribution in [0.2, 0.25) is 0 Å². The monoisotopic (exact) mass is 300 g/mol. The summed E-state index contributed by atoms with van der Waals surface area (Å²) in [5, 5.41) is 0. The van der Waals surface area contributed by atoms with Crippen molar-refractivity contribution < 1.29 is 32.4 Å². The molecule has 10 heteroatoms. The minimum atomic E-state index is -3.65. The van der Waals surface area contributed by atoms with Gasteiger partial charge in [-0.2, -0.15) is 0 Å². The second-order valence-corrected chi connectivity index (χ2v) is 6.39. The molecule has 16 heavy (non-hydrogen) atoms. The number of phosphoric acid groups is 1. The molecule has 0 saturated heterocycles. The summed E-state index contributed by atoms with van der Waals surface area (Å²) in [6.07, 6.45) is 0. The molecule has 0 radical (unpaired) electrons. The van der Waals surface area contributed by atoms with Gasteiger partial charge >= 0.3 is 14.5 Å². The van der Waals surface area contributed by atoms with Gasteiger partial charge in [0.2, 0.25) is 0 Å². The van der Waals surface area contributed by atoms with E-state index in [0.29, 0.717) is 0 Å². The lowest BCUT2D eigenvalue weighted by Crippen LogP contribution is -1.83. The second kappa shape index (κ2) is 12.1. The van der Waals surface area contributed by atoms with Crippen LogP contribution in [0.4, 0.5) is 0 Å². The van der Waals surface area contributed by atoms with E-state index in [1.165, 1.54) is 14.2 Å². The minimum Gasteiger partial charge on any atom is -0.324 e. The molecule has 0 heterocycles. The standard InChI is InChI=1S/C2H7O4P.C2H7O3PS.2CH4/c1-5-7(3,4)6-2;1-4-6(3,7)5-2;;/h1-2H3,(H,3,4);1-2H3,(H,3,7);2*1H4. The summed E-state index contributed by atoms with van der Waals surface area (Å²) < 4.78 is 26.7. The summed E-state index contributed by atoms with van der Waals surface area (Å²) in [6, 6.07) is 0. The van der Waals surface area contributed by atoms with Gasteiger partial charge in [0.15, 0.2) is 0 Å². The molecule has 0 fully saturated rings. The van der Waals surface area contributed by atoms with E-state index in [1.54, 1.807) is 0 Å². The summed E-state index contributed by atoms with van der Waals surface area (Å²) in [5.41, 5.74) is 0. The summed E-state index contributed by atoms with van der Waals surface area (Å²) in [5.74, 6) is 0. The molecule has 0 aliphatic carbocycles. The molecule has 0 atom stereocenters. The SMILES string of the molecule is C.C.COP(=O)(O)OC.COP(O)(=S)OC. The molecule has 0 rings (SSSR count). The van der Waals surface area contributed by atoms with Gasteiger partial charge in [-0.3, -0.25) is 9.05 Å². The number of hydrogen-bond donors (Lipinski definition) is 2. The first-order valence-corrected chi connectivity index (χ1v) is 7.21. The molecule has 0 aliphatic rings. The smallest absolute Gasteiger partial charge is 0.324 e. The highest BCUT2D eigenvalue weighted by Crippen LogP contribution is 2.41. The summed E-state index contributed by atoms with van der Waals surface area (Å²) in [4.78, 5) is 16.9. The topological polar surface area (TPSA) is 94.5 Å². The first-order valence-electron chi connectivity index (χ1n) is 3.13. The third-order valence-electron chi connectivity index (χ3n) is 0.923. The van der Waals surface area contributed by atoms with E-state index in [-0.39, 0.29) is 14.9 Å². The Kier molecular flexibility index (Phi) is 19.3. The minimum absolute atomic E-state index is 0. The van der Waals surface area contributed by atoms with E-state index in [4.69, 9.17) is 9.79 Å². The van der Waals surface area contributed by atoms with Crippen LogP contribution in [-0.4, -0.2) is 38.2 Å². The fourth-order valence-electron chi connectivity index (χ4n) is 0.149. The van der Waals surface area contributed by atoms with Crippen LogP contribution in [0.25, 0.3) is 0 Å². The molecule has 0 spiro atoms. The molecule has 0 aromatic heterocycles. The normalized spacial score (nSPS) is 10.4. The highest BCUT2D eigenvalue weighted by molar-refractivity contribution is 8.07. The maximum absolute atomic E-state index is 10.1. The van der Waals surface area contributed by atoms with Crippen molar-refractivity contribution in [3.8, 4) is 0 Å². The van der Waals surface area contributed by atoms with Gasteiger partial charge < -0.3 is 18.8 Å². The zero-order chi connectivity index (χ0) is 11.8. The number of hydrogen-bond acceptors (Lipinski definition) is 6. The van der Waals surface area contributed by atoms with Crippen LogP contribution in [0.3, 0.4) is 0 Å². The van der Waals surface area contributed by atoms with Gasteiger partial charge in [0, 0.05) is 28.4 Å². The van der Waals surface area contributed by atoms with Gasteiger partial charge in [-0.05, 0) is 11.8 Å². The van der Waals surface area contributed by atoms with Crippen molar-refractivity contribution in [2.45, 2.75) is 14.9 Å². The highest BCUT2D eigenvalue weighted by Gasteiger charge is 2.13. The average molecular weight is 300 g/mol. The van der Waals surface area contributed by atoms with E-state index in [1.807, 2.05) is 0 Å². The summed E-state index contributed by atoms with van der Waals surface area (Å²) in [6.45, 7) is -2.82. The number of rotatable bonds is 4. The van der Waals surface area contributed by atoms with Crippen LogP contribution >= 0.6 is 14.5 Å². The van der Waals surface area contributed by atoms with Crippen LogP contribution in [0.5, 0.6) is 0 Å². The zero-order valence-corrected chi connectivity index (χ0v) is 10.8. The van der Waals surface area contributed by atoms with Gasteiger partial charge in [0.25, 0.3) is 0 Å². The molecule has 0 saturated carbocycles. The molecule has 7 nitrogen and oxygen atoms in total. The van der Waals surface area contributed by atoms with Gasteiger partial charge in [-0.1, -0.05) is 14.9 Å². The first-order chi connectivity index (χ1) is 6.24. The van der Waals surface area contributed by atoms with Crippen molar-refractivity contribution >= 4 is 26.3 Å². The predicted molar refractivity (Wildman–Crippen MR) is 67.8 cm³/mol. The molecule has 104 valence electrons. The molecule has 0 aliphatic heterocycles. The summed E-state index contributed by atoms with van der Waals surface area (Å²) >= 11 is 4.37. The van der Waals surface area contributed by atoms with E-state index < -0.39 is 14.5 Å². The Balaban J connectivity index is -0.0000000800. The lowest BCUT2D eigenvalue weighted by molar-refractivity contribution is 0.204. The molecule has 0 amide bonds. The Labute approximate surface area is 103 Å². The molecular weight excluding hydrogens is 278 g/mol. The van der Waals surface area contributed by atoms with Crippen LogP contribution in [0.1, 0.15) is 14.9 Å². The lowest BCUT2D eigenvalue weighted by Gasteiger charge is -2.06. The van der Waals surface area contributed by atoms with E-state index in [9.17, 15) is 4.57 Å². The Hall–Kier alpha value is 0.640. The fourth-order valence-corrected chi connectivity index (χ4v) is 0.447. The van der Waals surface area contributed by atoms with Gasteiger partial charge in [-0.15, -0.1) is 0 Å². The molecular formula is C6H22O7P2S. The quantitative estimate of drug-likeness (QED) is 0.763. The molecule has 0 aromatic rings.